The topological polar surface area (TPSA) is 74.1 Å². The number of nitrogens with zero attached hydrogens (tertiary/aromatic N) is 3. The van der Waals surface area contributed by atoms with Crippen molar-refractivity contribution in [3.05, 3.63) is 4.91 Å². The van der Waals surface area contributed by atoms with Crippen molar-refractivity contribution in [2.45, 2.75) is 70.6 Å². The minimum Gasteiger partial charge on any atom is -0.389 e. The van der Waals surface area contributed by atoms with Gasteiger partial charge in [-0.25, -0.2) is 0 Å². The molecule has 24 heavy (non-hydrogen) atoms. The quantitative estimate of drug-likeness (QED) is 0.422. The van der Waals surface area contributed by atoms with Gasteiger partial charge < -0.3 is 14.6 Å². The molecule has 0 radical (unpaired) electrons. The Balaban J connectivity index is 1.63. The smallest absolute Gasteiger partial charge is 0.128 e. The minimum atomic E-state index is -0.628. The number of hydrogen-bond donors (Lipinski definition) is 1. The van der Waals surface area contributed by atoms with Crippen molar-refractivity contribution in [2.75, 3.05) is 39.4 Å². The van der Waals surface area contributed by atoms with Gasteiger partial charge in [-0.2, -0.15) is 4.91 Å². The molecule has 7 atom stereocenters. The number of ether oxygens (including phenoxy) is 2. The number of nitroso groups, excluding NO2 is 1. The molecule has 2 aliphatic rings. The first kappa shape index (κ1) is 19.7. The van der Waals surface area contributed by atoms with Gasteiger partial charge in [0.1, 0.15) is 6.04 Å². The summed E-state index contributed by atoms with van der Waals surface area (Å²) in [7, 11) is 0. The van der Waals surface area contributed by atoms with Crippen molar-refractivity contribution in [3.63, 3.8) is 0 Å². The van der Waals surface area contributed by atoms with Crippen molar-refractivity contribution >= 4 is 0 Å². The Morgan fingerprint density at radius 2 is 1.71 bits per heavy atom. The summed E-state index contributed by atoms with van der Waals surface area (Å²) in [4.78, 5) is 15.3. The largest absolute Gasteiger partial charge is 0.389 e. The van der Waals surface area contributed by atoms with Crippen LogP contribution in [0.25, 0.3) is 0 Å². The number of hydrogen-bond acceptors (Lipinski definition) is 7. The van der Waals surface area contributed by atoms with Gasteiger partial charge in [0, 0.05) is 38.3 Å². The van der Waals surface area contributed by atoms with Crippen LogP contribution in [0.15, 0.2) is 5.18 Å². The maximum atomic E-state index is 10.9. The second kappa shape index (κ2) is 8.19. The van der Waals surface area contributed by atoms with Crippen molar-refractivity contribution in [3.8, 4) is 0 Å². The van der Waals surface area contributed by atoms with E-state index < -0.39 is 11.7 Å². The van der Waals surface area contributed by atoms with E-state index in [0.717, 1.165) is 13.1 Å². The van der Waals surface area contributed by atoms with E-state index >= 15 is 0 Å². The monoisotopic (exact) mass is 343 g/mol. The molecule has 0 aliphatic carbocycles. The first-order valence-electron chi connectivity index (χ1n) is 8.97. The molecule has 2 rings (SSSR count). The van der Waals surface area contributed by atoms with Gasteiger partial charge in [0.25, 0.3) is 0 Å². The minimum absolute atomic E-state index is 0.146. The summed E-state index contributed by atoms with van der Waals surface area (Å²) >= 11 is 0. The first-order valence-corrected chi connectivity index (χ1v) is 8.97. The molecule has 7 unspecified atom stereocenters. The maximum Gasteiger partial charge on any atom is 0.128 e. The van der Waals surface area contributed by atoms with Gasteiger partial charge in [0.15, 0.2) is 0 Å². The molecule has 0 aromatic rings. The molecule has 0 aromatic carbocycles. The highest BCUT2D eigenvalue weighted by molar-refractivity contribution is 4.91. The molecule has 1 N–H and O–H groups in total. The predicted molar refractivity (Wildman–Crippen MR) is 93.1 cm³/mol. The SMILES string of the molecule is CC(COC(C)(C)C(O)CN1CC1C)OCC(CN1CC1C)N=O. The zero-order chi connectivity index (χ0) is 17.9. The second-order valence-corrected chi connectivity index (χ2v) is 7.94. The van der Waals surface area contributed by atoms with Gasteiger partial charge in [-0.1, -0.05) is 5.18 Å². The van der Waals surface area contributed by atoms with Gasteiger partial charge in [0.05, 0.1) is 31.0 Å². The summed E-state index contributed by atoms with van der Waals surface area (Å²) in [6.07, 6.45) is -0.685. The van der Waals surface area contributed by atoms with E-state index in [0.29, 0.717) is 38.4 Å². The van der Waals surface area contributed by atoms with Crippen LogP contribution in [0.3, 0.4) is 0 Å². The van der Waals surface area contributed by atoms with Crippen LogP contribution in [-0.2, 0) is 9.47 Å². The van der Waals surface area contributed by atoms with Crippen LogP contribution in [0.2, 0.25) is 0 Å². The Hall–Kier alpha value is -0.600. The van der Waals surface area contributed by atoms with E-state index in [9.17, 15) is 10.0 Å². The molecule has 2 aliphatic heterocycles. The Labute approximate surface area is 145 Å². The van der Waals surface area contributed by atoms with Gasteiger partial charge in [-0.05, 0) is 34.6 Å². The van der Waals surface area contributed by atoms with Crippen LogP contribution in [0.1, 0.15) is 34.6 Å². The average molecular weight is 343 g/mol. The van der Waals surface area contributed by atoms with Crippen molar-refractivity contribution < 1.29 is 14.6 Å². The molecular formula is C17H33N3O4. The van der Waals surface area contributed by atoms with E-state index in [1.807, 2.05) is 20.8 Å². The zero-order valence-corrected chi connectivity index (χ0v) is 15.6. The van der Waals surface area contributed by atoms with Gasteiger partial charge in [-0.3, -0.25) is 9.80 Å². The van der Waals surface area contributed by atoms with Crippen LogP contribution in [-0.4, -0.2) is 90.2 Å². The molecule has 0 amide bonds. The van der Waals surface area contributed by atoms with Crippen LogP contribution >= 0.6 is 0 Å². The molecule has 0 spiro atoms. The summed E-state index contributed by atoms with van der Waals surface area (Å²) in [5.41, 5.74) is -0.628. The molecule has 140 valence electrons. The lowest BCUT2D eigenvalue weighted by Gasteiger charge is -2.32. The zero-order valence-electron chi connectivity index (χ0n) is 15.6. The summed E-state index contributed by atoms with van der Waals surface area (Å²) in [6, 6.07) is 0.790. The first-order chi connectivity index (χ1) is 11.2. The molecule has 2 fully saturated rings. The predicted octanol–water partition coefficient (Wildman–Crippen LogP) is 1.09. The van der Waals surface area contributed by atoms with Crippen molar-refractivity contribution in [2.24, 2.45) is 5.18 Å². The number of rotatable bonds is 12. The highest BCUT2D eigenvalue weighted by atomic mass is 16.5. The van der Waals surface area contributed by atoms with Crippen LogP contribution in [0.4, 0.5) is 0 Å². The third-order valence-electron chi connectivity index (χ3n) is 5.04. The normalized spacial score (nSPS) is 32.9. The van der Waals surface area contributed by atoms with E-state index in [-0.39, 0.29) is 12.1 Å². The van der Waals surface area contributed by atoms with E-state index in [2.05, 4.69) is 28.8 Å². The van der Waals surface area contributed by atoms with E-state index in [1.54, 1.807) is 0 Å². The number of aliphatic hydroxyl groups excluding tert-OH is 1. The molecule has 2 saturated heterocycles. The fourth-order valence-corrected chi connectivity index (χ4v) is 2.67. The molecule has 0 aromatic heterocycles. The molecule has 7 heteroatoms. The second-order valence-electron chi connectivity index (χ2n) is 7.94. The van der Waals surface area contributed by atoms with Gasteiger partial charge in [0.2, 0.25) is 0 Å². The number of β-amino-alcohol motifs (C(OH)–C–C–N with tert-alkyl or cyclic N) is 1. The maximum absolute atomic E-state index is 10.9. The van der Waals surface area contributed by atoms with Gasteiger partial charge in [-0.15, -0.1) is 0 Å². The summed E-state index contributed by atoms with van der Waals surface area (Å²) in [5, 5.41) is 13.5. The van der Waals surface area contributed by atoms with Crippen LogP contribution < -0.4 is 0 Å². The fourth-order valence-electron chi connectivity index (χ4n) is 2.67. The molecular weight excluding hydrogens is 310 g/mol. The third kappa shape index (κ3) is 6.04. The Morgan fingerprint density at radius 3 is 2.21 bits per heavy atom. The fraction of sp³-hybridized carbons (Fsp3) is 1.00. The molecule has 7 nitrogen and oxygen atoms in total. The highest BCUT2D eigenvalue weighted by Crippen LogP contribution is 2.23. The van der Waals surface area contributed by atoms with Crippen molar-refractivity contribution in [1.29, 1.82) is 0 Å². The Bertz CT molecular complexity index is 421. The Kier molecular flexibility index (Phi) is 6.73. The van der Waals surface area contributed by atoms with Crippen LogP contribution in [0.5, 0.6) is 0 Å². The molecule has 2 heterocycles. The summed E-state index contributed by atoms with van der Waals surface area (Å²) < 4.78 is 11.6. The lowest BCUT2D eigenvalue weighted by molar-refractivity contribution is -0.130. The molecule has 0 saturated carbocycles. The highest BCUT2D eigenvalue weighted by Gasteiger charge is 2.37. The summed E-state index contributed by atoms with van der Waals surface area (Å²) in [5.74, 6) is 0. The average Bonchev–Trinajstić information content (AvgIpc) is 3.41. The third-order valence-corrected chi connectivity index (χ3v) is 5.04. The van der Waals surface area contributed by atoms with Gasteiger partial charge >= 0.3 is 0 Å². The van der Waals surface area contributed by atoms with Crippen molar-refractivity contribution in [1.82, 2.24) is 9.80 Å². The Morgan fingerprint density at radius 1 is 1.17 bits per heavy atom. The number of aliphatic hydroxyl groups is 1. The molecule has 0 bridgehead atoms. The van der Waals surface area contributed by atoms with E-state index in [1.165, 1.54) is 0 Å². The van der Waals surface area contributed by atoms with E-state index in [4.69, 9.17) is 9.47 Å². The summed E-state index contributed by atoms with van der Waals surface area (Å²) in [6.45, 7) is 14.1. The van der Waals surface area contributed by atoms with Crippen LogP contribution in [0, 0.1) is 4.91 Å². The lowest BCUT2D eigenvalue weighted by atomic mass is 10.0. The standard InChI is InChI=1S/C17H33N3O4/c1-12-6-19(12)8-15(18-22)11-23-14(3)10-24-17(4,5)16(21)9-20-7-13(20)2/h12-16,21H,6-11H2,1-5H3. The lowest BCUT2D eigenvalue weighted by Crippen LogP contribution is -2.45.